The molecule has 2 nitrogen and oxygen atoms in total. The lowest BCUT2D eigenvalue weighted by Gasteiger charge is -2.10. The Morgan fingerprint density at radius 3 is 1.88 bits per heavy atom. The Morgan fingerprint density at radius 1 is 1.50 bits per heavy atom. The first-order valence-corrected chi connectivity index (χ1v) is 2.49. The molecule has 0 N–H and O–H groups in total. The Balaban J connectivity index is 4.02. The van der Waals surface area contributed by atoms with E-state index in [4.69, 9.17) is 0 Å². The summed E-state index contributed by atoms with van der Waals surface area (Å²) < 4.78 is 0. The predicted octanol–water partition coefficient (Wildman–Crippen LogP) is 1.26. The Bertz CT molecular complexity index is 110. The Labute approximate surface area is 49.6 Å². The zero-order valence-corrected chi connectivity index (χ0v) is 5.56. The van der Waals surface area contributed by atoms with Gasteiger partial charge in [-0.15, -0.1) is 0 Å². The smallest absolute Gasteiger partial charge is 0.250 e. The molecule has 0 aromatic heterocycles. The normalized spacial score (nSPS) is 10.9. The molecule has 0 aliphatic carbocycles. The van der Waals surface area contributed by atoms with Crippen LogP contribution in [0.5, 0.6) is 0 Å². The van der Waals surface area contributed by atoms with E-state index in [0.29, 0.717) is 0 Å². The monoisotopic (exact) mass is 113 g/mol. The summed E-state index contributed by atoms with van der Waals surface area (Å²) in [6.07, 6.45) is 0. The van der Waals surface area contributed by atoms with Gasteiger partial charge in [-0.25, -0.2) is 4.99 Å². The van der Waals surface area contributed by atoms with Crippen LogP contribution >= 0.6 is 0 Å². The summed E-state index contributed by atoms with van der Waals surface area (Å²) >= 11 is 0. The van der Waals surface area contributed by atoms with Crippen LogP contribution in [0, 0.1) is 5.41 Å². The number of rotatable bonds is 0. The molecule has 0 unspecified atom stereocenters. The average Bonchev–Trinajstić information content (AvgIpc) is 1.62. The van der Waals surface area contributed by atoms with Crippen LogP contribution in [0.15, 0.2) is 4.99 Å². The molecule has 0 atom stereocenters. The minimum absolute atomic E-state index is 0.155. The van der Waals surface area contributed by atoms with E-state index in [2.05, 4.69) is 11.7 Å². The number of hydrogen-bond acceptors (Lipinski definition) is 1. The highest BCUT2D eigenvalue weighted by molar-refractivity contribution is 5.85. The molecule has 2 heteroatoms. The summed E-state index contributed by atoms with van der Waals surface area (Å²) in [5.41, 5.74) is -0.359. The van der Waals surface area contributed by atoms with Crippen LogP contribution in [-0.4, -0.2) is 12.6 Å². The highest BCUT2D eigenvalue weighted by Gasteiger charge is 2.18. The number of hydrogen-bond donors (Lipinski definition) is 0. The predicted molar refractivity (Wildman–Crippen MR) is 34.0 cm³/mol. The SMILES string of the molecule is C=NC(=O)C(C)(C)C. The fraction of sp³-hybridized carbons (Fsp3) is 0.667. The second-order valence-electron chi connectivity index (χ2n) is 2.71. The molecule has 0 aliphatic rings. The van der Waals surface area contributed by atoms with E-state index in [9.17, 15) is 4.79 Å². The molecule has 0 aliphatic heterocycles. The van der Waals surface area contributed by atoms with Crippen molar-refractivity contribution in [3.8, 4) is 0 Å². The number of carbonyl (C=O) groups is 1. The third-order valence-corrected chi connectivity index (χ3v) is 0.785. The van der Waals surface area contributed by atoms with Crippen LogP contribution in [0.4, 0.5) is 0 Å². The van der Waals surface area contributed by atoms with E-state index in [1.807, 2.05) is 20.8 Å². The third-order valence-electron chi connectivity index (χ3n) is 0.785. The second-order valence-corrected chi connectivity index (χ2v) is 2.71. The van der Waals surface area contributed by atoms with E-state index in [1.54, 1.807) is 0 Å². The lowest BCUT2D eigenvalue weighted by atomic mass is 9.96. The molecular weight excluding hydrogens is 102 g/mol. The molecule has 0 rings (SSSR count). The quantitative estimate of drug-likeness (QED) is 0.435. The summed E-state index contributed by atoms with van der Waals surface area (Å²) in [4.78, 5) is 13.9. The van der Waals surface area contributed by atoms with Gasteiger partial charge in [-0.05, 0) is 6.72 Å². The van der Waals surface area contributed by atoms with Gasteiger partial charge in [-0.3, -0.25) is 4.79 Å². The van der Waals surface area contributed by atoms with E-state index in [-0.39, 0.29) is 11.3 Å². The second kappa shape index (κ2) is 2.07. The minimum Gasteiger partial charge on any atom is -0.272 e. The lowest BCUT2D eigenvalue weighted by Crippen LogP contribution is -2.16. The van der Waals surface area contributed by atoms with Crippen molar-refractivity contribution in [1.29, 1.82) is 0 Å². The van der Waals surface area contributed by atoms with Gasteiger partial charge in [0.1, 0.15) is 0 Å². The molecule has 0 heterocycles. The first-order chi connectivity index (χ1) is 3.48. The van der Waals surface area contributed by atoms with Crippen molar-refractivity contribution in [2.45, 2.75) is 20.8 Å². The van der Waals surface area contributed by atoms with Gasteiger partial charge in [0.2, 0.25) is 5.91 Å². The maximum absolute atomic E-state index is 10.6. The van der Waals surface area contributed by atoms with Crippen LogP contribution in [0.1, 0.15) is 20.8 Å². The van der Waals surface area contributed by atoms with Crippen molar-refractivity contribution in [3.63, 3.8) is 0 Å². The average molecular weight is 113 g/mol. The standard InChI is InChI=1S/C6H11NO/c1-6(2,3)5(8)7-4/h4H2,1-3H3. The minimum atomic E-state index is -0.359. The summed E-state index contributed by atoms with van der Waals surface area (Å²) in [6.45, 7) is 8.56. The number of nitrogens with zero attached hydrogens (tertiary/aromatic N) is 1. The van der Waals surface area contributed by atoms with Gasteiger partial charge < -0.3 is 0 Å². The van der Waals surface area contributed by atoms with Crippen molar-refractivity contribution in [2.75, 3.05) is 0 Å². The molecular formula is C6H11NO. The summed E-state index contributed by atoms with van der Waals surface area (Å²) in [5, 5.41) is 0. The Hall–Kier alpha value is -0.660. The fourth-order valence-corrected chi connectivity index (χ4v) is 0.237. The molecule has 0 aromatic carbocycles. The zero-order valence-electron chi connectivity index (χ0n) is 5.56. The van der Waals surface area contributed by atoms with Crippen molar-refractivity contribution >= 4 is 12.6 Å². The van der Waals surface area contributed by atoms with E-state index < -0.39 is 0 Å². The number of carbonyl (C=O) groups excluding carboxylic acids is 1. The van der Waals surface area contributed by atoms with E-state index >= 15 is 0 Å². The molecule has 0 saturated carbocycles. The Kier molecular flexibility index (Phi) is 1.90. The molecule has 0 aromatic rings. The van der Waals surface area contributed by atoms with Crippen LogP contribution < -0.4 is 0 Å². The largest absolute Gasteiger partial charge is 0.272 e. The van der Waals surface area contributed by atoms with Crippen LogP contribution in [0.25, 0.3) is 0 Å². The highest BCUT2D eigenvalue weighted by Crippen LogP contribution is 2.13. The van der Waals surface area contributed by atoms with Gasteiger partial charge in [-0.1, -0.05) is 20.8 Å². The number of aliphatic imine (C=N–C) groups is 1. The summed E-state index contributed by atoms with van der Waals surface area (Å²) in [6, 6.07) is 0. The van der Waals surface area contributed by atoms with Gasteiger partial charge in [0.25, 0.3) is 0 Å². The third kappa shape index (κ3) is 1.87. The van der Waals surface area contributed by atoms with Crippen molar-refractivity contribution in [3.05, 3.63) is 0 Å². The van der Waals surface area contributed by atoms with Gasteiger partial charge in [0, 0.05) is 5.41 Å². The topological polar surface area (TPSA) is 29.4 Å². The maximum atomic E-state index is 10.6. The van der Waals surface area contributed by atoms with Gasteiger partial charge >= 0.3 is 0 Å². The summed E-state index contributed by atoms with van der Waals surface area (Å²) in [5.74, 6) is -0.155. The highest BCUT2D eigenvalue weighted by atomic mass is 16.1. The molecule has 46 valence electrons. The molecule has 1 amide bonds. The summed E-state index contributed by atoms with van der Waals surface area (Å²) in [7, 11) is 0. The van der Waals surface area contributed by atoms with E-state index in [1.165, 1.54) is 0 Å². The van der Waals surface area contributed by atoms with Crippen LogP contribution in [-0.2, 0) is 4.79 Å². The number of amides is 1. The van der Waals surface area contributed by atoms with Crippen LogP contribution in [0.3, 0.4) is 0 Å². The van der Waals surface area contributed by atoms with Gasteiger partial charge in [0.15, 0.2) is 0 Å². The zero-order chi connectivity index (χ0) is 6.78. The van der Waals surface area contributed by atoms with Gasteiger partial charge in [-0.2, -0.15) is 0 Å². The molecule has 0 fully saturated rings. The first-order valence-electron chi connectivity index (χ1n) is 2.49. The lowest BCUT2D eigenvalue weighted by molar-refractivity contribution is -0.124. The van der Waals surface area contributed by atoms with E-state index in [0.717, 1.165) is 0 Å². The van der Waals surface area contributed by atoms with Crippen LogP contribution in [0.2, 0.25) is 0 Å². The molecule has 0 radical (unpaired) electrons. The first kappa shape index (κ1) is 7.34. The molecule has 0 bridgehead atoms. The molecule has 8 heavy (non-hydrogen) atoms. The van der Waals surface area contributed by atoms with Crippen molar-refractivity contribution < 1.29 is 4.79 Å². The van der Waals surface area contributed by atoms with Gasteiger partial charge in [0.05, 0.1) is 0 Å². The van der Waals surface area contributed by atoms with Crippen molar-refractivity contribution in [1.82, 2.24) is 0 Å². The maximum Gasteiger partial charge on any atom is 0.250 e. The molecule has 0 saturated heterocycles. The molecule has 0 spiro atoms. The Morgan fingerprint density at radius 2 is 1.88 bits per heavy atom. The van der Waals surface area contributed by atoms with Crippen molar-refractivity contribution in [2.24, 2.45) is 10.4 Å². The fourth-order valence-electron chi connectivity index (χ4n) is 0.237.